The lowest BCUT2D eigenvalue weighted by Gasteiger charge is -2.28. The Morgan fingerprint density at radius 1 is 1.22 bits per heavy atom. The third-order valence-electron chi connectivity index (χ3n) is 3.64. The summed E-state index contributed by atoms with van der Waals surface area (Å²) in [5.41, 5.74) is 2.81. The van der Waals surface area contributed by atoms with Gasteiger partial charge in [-0.15, -0.1) is 11.3 Å². The van der Waals surface area contributed by atoms with Gasteiger partial charge < -0.3 is 0 Å². The number of fused-ring (bicyclic) bond motifs is 1. The smallest absolute Gasteiger partial charge is 0.123 e. The maximum Gasteiger partial charge on any atom is 0.123 e. The second-order valence-corrected chi connectivity index (χ2v) is 7.53. The van der Waals surface area contributed by atoms with Crippen LogP contribution >= 0.6 is 27.3 Å². The van der Waals surface area contributed by atoms with Crippen LogP contribution in [0.2, 0.25) is 0 Å². The second kappa shape index (κ2) is 4.46. The van der Waals surface area contributed by atoms with Crippen molar-refractivity contribution in [2.24, 2.45) is 0 Å². The molecule has 3 rings (SSSR count). The molecular weight excluding hydrogens is 306 g/mol. The standard InChI is InChI=1S/C15H16BrNS/c1-15(2)9-3-4-12-13(15)17-14(18-12)10-5-7-11(16)8-6-10/h5-8H,3-4,9H2,1-2H3. The molecule has 0 saturated heterocycles. The Kier molecular flexibility index (Phi) is 3.07. The van der Waals surface area contributed by atoms with E-state index in [4.69, 9.17) is 4.98 Å². The van der Waals surface area contributed by atoms with Crippen molar-refractivity contribution in [1.29, 1.82) is 0 Å². The maximum absolute atomic E-state index is 4.91. The van der Waals surface area contributed by atoms with Gasteiger partial charge in [0.25, 0.3) is 0 Å². The van der Waals surface area contributed by atoms with E-state index < -0.39 is 0 Å². The largest absolute Gasteiger partial charge is 0.240 e. The van der Waals surface area contributed by atoms with Crippen molar-refractivity contribution < 1.29 is 0 Å². The van der Waals surface area contributed by atoms with Gasteiger partial charge in [-0.05, 0) is 31.4 Å². The number of hydrogen-bond donors (Lipinski definition) is 0. The Hall–Kier alpha value is -0.670. The van der Waals surface area contributed by atoms with Crippen LogP contribution in [0.4, 0.5) is 0 Å². The summed E-state index contributed by atoms with van der Waals surface area (Å²) in [6.45, 7) is 4.63. The molecule has 1 aliphatic carbocycles. The number of aromatic nitrogens is 1. The molecule has 1 aliphatic rings. The van der Waals surface area contributed by atoms with E-state index in [1.807, 2.05) is 11.3 Å². The van der Waals surface area contributed by atoms with E-state index in [0.717, 1.165) is 4.47 Å². The topological polar surface area (TPSA) is 12.9 Å². The van der Waals surface area contributed by atoms with E-state index >= 15 is 0 Å². The van der Waals surface area contributed by atoms with Gasteiger partial charge in [0.2, 0.25) is 0 Å². The van der Waals surface area contributed by atoms with Crippen molar-refractivity contribution in [1.82, 2.24) is 4.98 Å². The van der Waals surface area contributed by atoms with Gasteiger partial charge in [-0.1, -0.05) is 41.9 Å². The van der Waals surface area contributed by atoms with E-state index in [1.165, 1.54) is 40.4 Å². The summed E-state index contributed by atoms with van der Waals surface area (Å²) in [7, 11) is 0. The van der Waals surface area contributed by atoms with Crippen molar-refractivity contribution in [2.45, 2.75) is 38.5 Å². The molecule has 1 heterocycles. The van der Waals surface area contributed by atoms with Crippen molar-refractivity contribution in [2.75, 3.05) is 0 Å². The Labute approximate surface area is 120 Å². The van der Waals surface area contributed by atoms with E-state index in [0.29, 0.717) is 0 Å². The highest BCUT2D eigenvalue weighted by molar-refractivity contribution is 9.10. The van der Waals surface area contributed by atoms with Gasteiger partial charge in [0.15, 0.2) is 0 Å². The molecular formula is C15H16BrNS. The molecule has 0 N–H and O–H groups in total. The number of hydrogen-bond acceptors (Lipinski definition) is 2. The SMILES string of the molecule is CC1(C)CCCc2sc(-c3ccc(Br)cc3)nc21. The van der Waals surface area contributed by atoms with Crippen LogP contribution in [0.25, 0.3) is 10.6 Å². The van der Waals surface area contributed by atoms with Gasteiger partial charge >= 0.3 is 0 Å². The van der Waals surface area contributed by atoms with Crippen LogP contribution in [0.3, 0.4) is 0 Å². The van der Waals surface area contributed by atoms with Crippen molar-refractivity contribution in [3.63, 3.8) is 0 Å². The molecule has 0 saturated carbocycles. The number of benzene rings is 1. The normalized spacial score (nSPS) is 17.5. The van der Waals surface area contributed by atoms with E-state index in [9.17, 15) is 0 Å². The minimum absolute atomic E-state index is 0.248. The molecule has 0 atom stereocenters. The van der Waals surface area contributed by atoms with Gasteiger partial charge in [-0.2, -0.15) is 0 Å². The zero-order valence-corrected chi connectivity index (χ0v) is 13.1. The molecule has 0 amide bonds. The monoisotopic (exact) mass is 321 g/mol. The molecule has 0 radical (unpaired) electrons. The molecule has 0 spiro atoms. The lowest BCUT2D eigenvalue weighted by molar-refractivity contribution is 0.424. The maximum atomic E-state index is 4.91. The number of rotatable bonds is 1. The minimum Gasteiger partial charge on any atom is -0.240 e. The molecule has 0 fully saturated rings. The first-order valence-corrected chi connectivity index (χ1v) is 7.93. The van der Waals surface area contributed by atoms with Gasteiger partial charge in [-0.3, -0.25) is 0 Å². The van der Waals surface area contributed by atoms with Crippen LogP contribution in [0.1, 0.15) is 37.3 Å². The summed E-state index contributed by atoms with van der Waals surface area (Å²) >= 11 is 5.35. The first-order valence-electron chi connectivity index (χ1n) is 6.32. The first kappa shape index (κ1) is 12.4. The third kappa shape index (κ3) is 2.14. The first-order chi connectivity index (χ1) is 8.56. The van der Waals surface area contributed by atoms with Crippen LogP contribution in [0.5, 0.6) is 0 Å². The highest BCUT2D eigenvalue weighted by Gasteiger charge is 2.31. The van der Waals surface area contributed by atoms with Crippen molar-refractivity contribution >= 4 is 27.3 Å². The van der Waals surface area contributed by atoms with Crippen LogP contribution in [-0.2, 0) is 11.8 Å². The van der Waals surface area contributed by atoms with Gasteiger partial charge in [0.05, 0.1) is 5.69 Å². The Morgan fingerprint density at radius 2 is 1.94 bits per heavy atom. The summed E-state index contributed by atoms with van der Waals surface area (Å²) in [6, 6.07) is 8.45. The highest BCUT2D eigenvalue weighted by Crippen LogP contribution is 2.41. The molecule has 0 bridgehead atoms. The summed E-state index contributed by atoms with van der Waals surface area (Å²) < 4.78 is 1.12. The molecule has 3 heteroatoms. The minimum atomic E-state index is 0.248. The van der Waals surface area contributed by atoms with E-state index in [2.05, 4.69) is 54.0 Å². The van der Waals surface area contributed by atoms with Crippen molar-refractivity contribution in [3.05, 3.63) is 39.3 Å². The molecule has 1 nitrogen and oxygen atoms in total. The van der Waals surface area contributed by atoms with E-state index in [-0.39, 0.29) is 5.41 Å². The fourth-order valence-electron chi connectivity index (χ4n) is 2.58. The fourth-order valence-corrected chi connectivity index (χ4v) is 4.13. The summed E-state index contributed by atoms with van der Waals surface area (Å²) in [6.07, 6.45) is 3.75. The predicted octanol–water partition coefficient (Wildman–Crippen LogP) is 5.19. The molecule has 1 aromatic heterocycles. The quantitative estimate of drug-likeness (QED) is 0.704. The fraction of sp³-hybridized carbons (Fsp3) is 0.400. The lowest BCUT2D eigenvalue weighted by Crippen LogP contribution is -2.23. The summed E-state index contributed by atoms with van der Waals surface area (Å²) in [5.74, 6) is 0. The number of nitrogens with zero attached hydrogens (tertiary/aromatic N) is 1. The third-order valence-corrected chi connectivity index (χ3v) is 5.33. The lowest BCUT2D eigenvalue weighted by atomic mass is 9.79. The second-order valence-electron chi connectivity index (χ2n) is 5.54. The number of halogens is 1. The average Bonchev–Trinajstić information content (AvgIpc) is 2.75. The zero-order valence-electron chi connectivity index (χ0n) is 10.7. The van der Waals surface area contributed by atoms with Crippen LogP contribution in [0.15, 0.2) is 28.7 Å². The predicted molar refractivity (Wildman–Crippen MR) is 81.2 cm³/mol. The highest BCUT2D eigenvalue weighted by atomic mass is 79.9. The molecule has 94 valence electrons. The summed E-state index contributed by atoms with van der Waals surface area (Å²) in [4.78, 5) is 6.40. The average molecular weight is 322 g/mol. The Morgan fingerprint density at radius 3 is 2.61 bits per heavy atom. The van der Waals surface area contributed by atoms with Gasteiger partial charge in [-0.25, -0.2) is 4.98 Å². The Balaban J connectivity index is 2.05. The number of aryl methyl sites for hydroxylation is 1. The van der Waals surface area contributed by atoms with Crippen LogP contribution < -0.4 is 0 Å². The zero-order chi connectivity index (χ0) is 12.8. The molecule has 0 unspecified atom stereocenters. The van der Waals surface area contributed by atoms with Gasteiger partial charge in [0, 0.05) is 20.3 Å². The van der Waals surface area contributed by atoms with Crippen LogP contribution in [-0.4, -0.2) is 4.98 Å². The van der Waals surface area contributed by atoms with Crippen molar-refractivity contribution in [3.8, 4) is 10.6 Å². The molecule has 18 heavy (non-hydrogen) atoms. The van der Waals surface area contributed by atoms with Gasteiger partial charge in [0.1, 0.15) is 5.01 Å². The molecule has 0 aliphatic heterocycles. The van der Waals surface area contributed by atoms with Crippen LogP contribution in [0, 0.1) is 0 Å². The molecule has 2 aromatic rings. The molecule has 1 aromatic carbocycles. The Bertz CT molecular complexity index is 569. The number of thiazole rings is 1. The van der Waals surface area contributed by atoms with E-state index in [1.54, 1.807) is 0 Å². The summed E-state index contributed by atoms with van der Waals surface area (Å²) in [5, 5.41) is 1.17.